The minimum atomic E-state index is -3.88. The molecule has 0 saturated heterocycles. The number of thiophene rings is 1. The van der Waals surface area contributed by atoms with E-state index in [4.69, 9.17) is 4.74 Å². The van der Waals surface area contributed by atoms with Crippen LogP contribution in [0.1, 0.15) is 32.6 Å². The number of ether oxygens (including phenoxy) is 1. The van der Waals surface area contributed by atoms with Gasteiger partial charge in [0.1, 0.15) is 16.5 Å². The standard InChI is InChI=1S/C20H26N2O4S2/c1-15-8-3-4-9-16(15)21-19(23)14-22(17-10-5-6-11-18(17)26-2)28(24,25)20-12-7-13-27-20/h5-7,10-13,15-16H,3-4,8-9,14H2,1-2H3,(H,21,23)/t15-,16-/m1/s1. The molecule has 2 atom stereocenters. The second-order valence-electron chi connectivity index (χ2n) is 7.05. The predicted octanol–water partition coefficient (Wildman–Crippen LogP) is 3.65. The Kier molecular flexibility index (Phi) is 6.61. The van der Waals surface area contributed by atoms with Crippen LogP contribution in [0.4, 0.5) is 5.69 Å². The van der Waals surface area contributed by atoms with Crippen molar-refractivity contribution in [3.05, 3.63) is 41.8 Å². The SMILES string of the molecule is COc1ccccc1N(CC(=O)N[C@@H]1CCCC[C@H]1C)S(=O)(=O)c1cccs1. The number of sulfonamides is 1. The fourth-order valence-corrected chi connectivity index (χ4v) is 6.10. The van der Waals surface area contributed by atoms with Crippen LogP contribution in [0, 0.1) is 5.92 Å². The summed E-state index contributed by atoms with van der Waals surface area (Å²) in [6, 6.07) is 10.2. The van der Waals surface area contributed by atoms with E-state index in [1.165, 1.54) is 13.5 Å². The smallest absolute Gasteiger partial charge is 0.274 e. The summed E-state index contributed by atoms with van der Waals surface area (Å²) in [7, 11) is -2.40. The van der Waals surface area contributed by atoms with Crippen LogP contribution in [0.25, 0.3) is 0 Å². The number of carbonyl (C=O) groups is 1. The van der Waals surface area contributed by atoms with E-state index in [9.17, 15) is 13.2 Å². The van der Waals surface area contributed by atoms with Crippen LogP contribution < -0.4 is 14.4 Å². The Morgan fingerprint density at radius 1 is 1.21 bits per heavy atom. The van der Waals surface area contributed by atoms with Crippen molar-refractivity contribution in [2.75, 3.05) is 18.0 Å². The van der Waals surface area contributed by atoms with Gasteiger partial charge >= 0.3 is 0 Å². The van der Waals surface area contributed by atoms with Crippen molar-refractivity contribution in [1.29, 1.82) is 0 Å². The fourth-order valence-electron chi connectivity index (χ4n) is 3.57. The Labute approximate surface area is 170 Å². The summed E-state index contributed by atoms with van der Waals surface area (Å²) in [5, 5.41) is 4.75. The molecule has 1 aromatic carbocycles. The quantitative estimate of drug-likeness (QED) is 0.739. The molecule has 1 aliphatic rings. The first-order valence-electron chi connectivity index (χ1n) is 9.42. The Morgan fingerprint density at radius 2 is 1.96 bits per heavy atom. The molecule has 1 saturated carbocycles. The number of rotatable bonds is 7. The molecule has 1 aliphatic carbocycles. The van der Waals surface area contributed by atoms with Crippen molar-refractivity contribution in [1.82, 2.24) is 5.32 Å². The highest BCUT2D eigenvalue weighted by Crippen LogP contribution is 2.33. The number of amides is 1. The number of methoxy groups -OCH3 is 1. The largest absolute Gasteiger partial charge is 0.495 e. The fraction of sp³-hybridized carbons (Fsp3) is 0.450. The van der Waals surface area contributed by atoms with Crippen LogP contribution in [0.3, 0.4) is 0 Å². The third-order valence-electron chi connectivity index (χ3n) is 5.14. The Hall–Kier alpha value is -2.06. The van der Waals surface area contributed by atoms with Gasteiger partial charge in [0.15, 0.2) is 0 Å². The first-order chi connectivity index (χ1) is 13.4. The van der Waals surface area contributed by atoms with E-state index < -0.39 is 10.0 Å². The summed E-state index contributed by atoms with van der Waals surface area (Å²) in [5.41, 5.74) is 0.352. The molecule has 0 bridgehead atoms. The van der Waals surface area contributed by atoms with Crippen molar-refractivity contribution >= 4 is 33.0 Å². The lowest BCUT2D eigenvalue weighted by atomic mass is 9.86. The molecule has 3 rings (SSSR count). The Bertz CT molecular complexity index is 897. The van der Waals surface area contributed by atoms with Gasteiger partial charge < -0.3 is 10.1 Å². The van der Waals surface area contributed by atoms with Gasteiger partial charge in [-0.3, -0.25) is 9.10 Å². The second kappa shape index (κ2) is 8.96. The van der Waals surface area contributed by atoms with Gasteiger partial charge in [-0.25, -0.2) is 8.42 Å². The molecule has 0 radical (unpaired) electrons. The van der Waals surface area contributed by atoms with E-state index >= 15 is 0 Å². The molecule has 0 spiro atoms. The summed E-state index contributed by atoms with van der Waals surface area (Å²) in [6.07, 6.45) is 4.26. The summed E-state index contributed by atoms with van der Waals surface area (Å²) in [4.78, 5) is 12.8. The van der Waals surface area contributed by atoms with Gasteiger partial charge in [0.05, 0.1) is 12.8 Å². The first-order valence-corrected chi connectivity index (χ1v) is 11.7. The van der Waals surface area contributed by atoms with E-state index in [0.29, 0.717) is 17.4 Å². The van der Waals surface area contributed by atoms with Crippen molar-refractivity contribution in [3.8, 4) is 5.75 Å². The Morgan fingerprint density at radius 3 is 2.64 bits per heavy atom. The minimum Gasteiger partial charge on any atom is -0.495 e. The third-order valence-corrected chi connectivity index (χ3v) is 8.27. The van der Waals surface area contributed by atoms with E-state index in [1.54, 1.807) is 41.8 Å². The molecule has 152 valence electrons. The maximum Gasteiger partial charge on any atom is 0.274 e. The zero-order valence-electron chi connectivity index (χ0n) is 16.1. The van der Waals surface area contributed by atoms with E-state index in [0.717, 1.165) is 34.9 Å². The lowest BCUT2D eigenvalue weighted by molar-refractivity contribution is -0.120. The van der Waals surface area contributed by atoms with Gasteiger partial charge in [0.25, 0.3) is 10.0 Å². The van der Waals surface area contributed by atoms with Gasteiger partial charge in [-0.05, 0) is 42.3 Å². The number of benzene rings is 1. The molecule has 1 aromatic heterocycles. The number of nitrogens with zero attached hydrogens (tertiary/aromatic N) is 1. The van der Waals surface area contributed by atoms with Crippen LogP contribution in [0.5, 0.6) is 5.75 Å². The zero-order valence-corrected chi connectivity index (χ0v) is 17.8. The van der Waals surface area contributed by atoms with E-state index in [2.05, 4.69) is 12.2 Å². The molecule has 1 fully saturated rings. The highest BCUT2D eigenvalue weighted by Gasteiger charge is 2.31. The molecular formula is C20H26N2O4S2. The molecule has 1 N–H and O–H groups in total. The van der Waals surface area contributed by atoms with Gasteiger partial charge in [-0.2, -0.15) is 0 Å². The minimum absolute atomic E-state index is 0.0882. The third kappa shape index (κ3) is 4.50. The number of hydrogen-bond donors (Lipinski definition) is 1. The lowest BCUT2D eigenvalue weighted by Crippen LogP contribution is -2.47. The zero-order chi connectivity index (χ0) is 20.1. The Balaban J connectivity index is 1.89. The summed E-state index contributed by atoms with van der Waals surface area (Å²) >= 11 is 1.13. The summed E-state index contributed by atoms with van der Waals surface area (Å²) in [6.45, 7) is 1.84. The van der Waals surface area contributed by atoms with Crippen LogP contribution in [-0.2, 0) is 14.8 Å². The average Bonchev–Trinajstić information content (AvgIpc) is 3.23. The van der Waals surface area contributed by atoms with Crippen molar-refractivity contribution in [2.24, 2.45) is 5.92 Å². The van der Waals surface area contributed by atoms with Crippen molar-refractivity contribution in [2.45, 2.75) is 42.9 Å². The molecule has 8 heteroatoms. The molecule has 6 nitrogen and oxygen atoms in total. The normalized spacial score (nSPS) is 19.8. The average molecular weight is 423 g/mol. The molecule has 1 heterocycles. The maximum atomic E-state index is 13.3. The van der Waals surface area contributed by atoms with Gasteiger partial charge in [-0.15, -0.1) is 11.3 Å². The number of anilines is 1. The number of carbonyl (C=O) groups excluding carboxylic acids is 1. The van der Waals surface area contributed by atoms with Gasteiger partial charge in [0.2, 0.25) is 5.91 Å². The second-order valence-corrected chi connectivity index (χ2v) is 10.1. The monoisotopic (exact) mass is 422 g/mol. The number of hydrogen-bond acceptors (Lipinski definition) is 5. The van der Waals surface area contributed by atoms with E-state index in [-0.39, 0.29) is 22.7 Å². The lowest BCUT2D eigenvalue weighted by Gasteiger charge is -2.31. The summed E-state index contributed by atoms with van der Waals surface area (Å²) < 4.78 is 33.2. The van der Waals surface area contributed by atoms with Crippen LogP contribution in [0.15, 0.2) is 46.0 Å². The van der Waals surface area contributed by atoms with Crippen LogP contribution >= 0.6 is 11.3 Å². The molecular weight excluding hydrogens is 396 g/mol. The molecule has 2 aromatic rings. The topological polar surface area (TPSA) is 75.7 Å². The highest BCUT2D eigenvalue weighted by atomic mass is 32.2. The summed E-state index contributed by atoms with van der Waals surface area (Å²) in [5.74, 6) is 0.498. The molecule has 1 amide bonds. The van der Waals surface area contributed by atoms with E-state index in [1.807, 2.05) is 0 Å². The molecule has 28 heavy (non-hydrogen) atoms. The van der Waals surface area contributed by atoms with Crippen LogP contribution in [0.2, 0.25) is 0 Å². The first kappa shape index (κ1) is 20.7. The van der Waals surface area contributed by atoms with Gasteiger partial charge in [-0.1, -0.05) is 38.0 Å². The highest BCUT2D eigenvalue weighted by molar-refractivity contribution is 7.94. The van der Waals surface area contributed by atoms with Crippen molar-refractivity contribution < 1.29 is 17.9 Å². The van der Waals surface area contributed by atoms with Gasteiger partial charge in [0, 0.05) is 6.04 Å². The maximum absolute atomic E-state index is 13.3. The van der Waals surface area contributed by atoms with Crippen LogP contribution in [-0.4, -0.2) is 34.0 Å². The molecule has 0 unspecified atom stereocenters. The number of nitrogens with one attached hydrogen (secondary N) is 1. The number of para-hydroxylation sites is 2. The molecule has 0 aliphatic heterocycles. The van der Waals surface area contributed by atoms with Crippen molar-refractivity contribution in [3.63, 3.8) is 0 Å². The predicted molar refractivity (Wildman–Crippen MR) is 111 cm³/mol.